The van der Waals surface area contributed by atoms with E-state index in [0.717, 1.165) is 11.6 Å². The molecule has 0 radical (unpaired) electrons. The van der Waals surface area contributed by atoms with Gasteiger partial charge < -0.3 is 0 Å². The topological polar surface area (TPSA) is 50.9 Å². The van der Waals surface area contributed by atoms with Gasteiger partial charge in [-0.15, -0.1) is 0 Å². The average molecular weight is 284 g/mol. The van der Waals surface area contributed by atoms with Crippen LogP contribution < -0.4 is 11.3 Å². The Morgan fingerprint density at radius 3 is 2.79 bits per heavy atom. The number of pyridine rings is 1. The molecule has 6 heteroatoms. The van der Waals surface area contributed by atoms with Crippen molar-refractivity contribution >= 4 is 11.6 Å². The number of hydrazine groups is 1. The van der Waals surface area contributed by atoms with Gasteiger partial charge >= 0.3 is 0 Å². The Kier molecular flexibility index (Phi) is 4.42. The van der Waals surface area contributed by atoms with Crippen LogP contribution >= 0.6 is 11.6 Å². The maximum atomic E-state index is 13.6. The number of aromatic nitrogens is 1. The number of nitrogens with zero attached hydrogens (tertiary/aromatic N) is 1. The monoisotopic (exact) mass is 283 g/mol. The van der Waals surface area contributed by atoms with E-state index < -0.39 is 11.6 Å². The summed E-state index contributed by atoms with van der Waals surface area (Å²) >= 11 is 5.79. The molecule has 0 amide bonds. The Morgan fingerprint density at radius 2 is 2.11 bits per heavy atom. The zero-order chi connectivity index (χ0) is 13.8. The molecule has 2 rings (SSSR count). The molecule has 0 aliphatic rings. The highest BCUT2D eigenvalue weighted by Crippen LogP contribution is 2.22. The van der Waals surface area contributed by atoms with Gasteiger partial charge in [0.15, 0.2) is 11.6 Å². The predicted octanol–water partition coefficient (Wildman–Crippen LogP) is 2.76. The molecule has 3 nitrogen and oxygen atoms in total. The molecule has 1 aromatic carbocycles. The summed E-state index contributed by atoms with van der Waals surface area (Å²) in [4.78, 5) is 3.86. The smallest absolute Gasteiger partial charge is 0.162 e. The number of rotatable bonds is 4. The van der Waals surface area contributed by atoms with Crippen molar-refractivity contribution in [1.82, 2.24) is 10.4 Å². The highest BCUT2D eigenvalue weighted by molar-refractivity contribution is 6.29. The summed E-state index contributed by atoms with van der Waals surface area (Å²) in [6, 6.07) is 7.02. The molecule has 0 bridgehead atoms. The third kappa shape index (κ3) is 3.26. The van der Waals surface area contributed by atoms with E-state index in [-0.39, 0.29) is 18.0 Å². The van der Waals surface area contributed by atoms with Gasteiger partial charge in [0.05, 0.1) is 6.04 Å². The number of hydrogen-bond acceptors (Lipinski definition) is 3. The van der Waals surface area contributed by atoms with Crippen LogP contribution in [-0.2, 0) is 6.42 Å². The highest BCUT2D eigenvalue weighted by atomic mass is 35.5. The summed E-state index contributed by atoms with van der Waals surface area (Å²) in [5.74, 6) is 3.73. The van der Waals surface area contributed by atoms with Crippen LogP contribution in [0.1, 0.15) is 17.2 Å². The van der Waals surface area contributed by atoms with Gasteiger partial charge in [-0.1, -0.05) is 23.7 Å². The normalized spacial score (nSPS) is 12.4. The van der Waals surface area contributed by atoms with Gasteiger partial charge in [-0.2, -0.15) is 0 Å². The molecule has 0 spiro atoms. The van der Waals surface area contributed by atoms with E-state index in [1.807, 2.05) is 0 Å². The van der Waals surface area contributed by atoms with Gasteiger partial charge in [0.1, 0.15) is 5.15 Å². The first kappa shape index (κ1) is 13.9. The largest absolute Gasteiger partial charge is 0.271 e. The fourth-order valence-corrected chi connectivity index (χ4v) is 2.02. The molecule has 19 heavy (non-hydrogen) atoms. The Morgan fingerprint density at radius 1 is 1.32 bits per heavy atom. The molecule has 100 valence electrons. The van der Waals surface area contributed by atoms with Crippen LogP contribution in [0.5, 0.6) is 0 Å². The summed E-state index contributed by atoms with van der Waals surface area (Å²) in [6.45, 7) is 0. The number of nitrogens with two attached hydrogens (primary N) is 1. The molecule has 1 aromatic heterocycles. The zero-order valence-corrected chi connectivity index (χ0v) is 10.7. The van der Waals surface area contributed by atoms with Gasteiger partial charge in [-0.3, -0.25) is 11.3 Å². The van der Waals surface area contributed by atoms with Crippen LogP contribution in [0.25, 0.3) is 0 Å². The second-order valence-electron chi connectivity index (χ2n) is 4.05. The second-order valence-corrected chi connectivity index (χ2v) is 4.44. The third-order valence-corrected chi connectivity index (χ3v) is 3.02. The van der Waals surface area contributed by atoms with E-state index in [4.69, 9.17) is 17.4 Å². The van der Waals surface area contributed by atoms with Crippen molar-refractivity contribution in [2.75, 3.05) is 0 Å². The third-order valence-electron chi connectivity index (χ3n) is 2.81. The minimum atomic E-state index is -0.874. The van der Waals surface area contributed by atoms with Gasteiger partial charge in [0, 0.05) is 6.20 Å². The van der Waals surface area contributed by atoms with Crippen molar-refractivity contribution in [3.63, 3.8) is 0 Å². The summed E-state index contributed by atoms with van der Waals surface area (Å²) in [6.07, 6.45) is 1.74. The maximum Gasteiger partial charge on any atom is 0.162 e. The van der Waals surface area contributed by atoms with E-state index in [9.17, 15) is 8.78 Å². The average Bonchev–Trinajstić information content (AvgIpc) is 2.40. The number of benzene rings is 1. The van der Waals surface area contributed by atoms with Crippen LogP contribution in [0.2, 0.25) is 5.15 Å². The first-order valence-corrected chi connectivity index (χ1v) is 6.00. The summed E-state index contributed by atoms with van der Waals surface area (Å²) in [5.41, 5.74) is 3.57. The van der Waals surface area contributed by atoms with Crippen molar-refractivity contribution in [3.05, 3.63) is 64.4 Å². The van der Waals surface area contributed by atoms with Gasteiger partial charge in [0.25, 0.3) is 0 Å². The van der Waals surface area contributed by atoms with Crippen molar-refractivity contribution in [2.45, 2.75) is 12.5 Å². The molecule has 0 aliphatic carbocycles. The van der Waals surface area contributed by atoms with Gasteiger partial charge in [0.2, 0.25) is 0 Å². The number of nitrogens with one attached hydrogen (secondary N) is 1. The van der Waals surface area contributed by atoms with E-state index >= 15 is 0 Å². The Labute approximate surface area is 114 Å². The van der Waals surface area contributed by atoms with E-state index in [1.54, 1.807) is 12.1 Å². The summed E-state index contributed by atoms with van der Waals surface area (Å²) < 4.78 is 26.8. The quantitative estimate of drug-likeness (QED) is 0.515. The number of hydrogen-bond donors (Lipinski definition) is 2. The molecule has 0 saturated heterocycles. The maximum absolute atomic E-state index is 13.6. The lowest BCUT2D eigenvalue weighted by molar-refractivity contribution is 0.481. The molecular weight excluding hydrogens is 272 g/mol. The van der Waals surface area contributed by atoms with Crippen LogP contribution in [0.4, 0.5) is 8.78 Å². The fraction of sp³-hybridized carbons (Fsp3) is 0.154. The van der Waals surface area contributed by atoms with Crippen LogP contribution in [0.15, 0.2) is 36.5 Å². The Hall–Kier alpha value is -1.56. The Bertz CT molecular complexity index is 578. The molecule has 0 saturated carbocycles. The lowest BCUT2D eigenvalue weighted by atomic mass is 10.00. The lowest BCUT2D eigenvalue weighted by Crippen LogP contribution is -2.30. The molecular formula is C13H12ClF2N3. The van der Waals surface area contributed by atoms with E-state index in [2.05, 4.69) is 10.4 Å². The summed E-state index contributed by atoms with van der Waals surface area (Å²) in [7, 11) is 0. The highest BCUT2D eigenvalue weighted by Gasteiger charge is 2.15. The lowest BCUT2D eigenvalue weighted by Gasteiger charge is -2.17. The van der Waals surface area contributed by atoms with Crippen molar-refractivity contribution in [1.29, 1.82) is 0 Å². The van der Waals surface area contributed by atoms with Crippen molar-refractivity contribution < 1.29 is 8.78 Å². The molecule has 0 fully saturated rings. The fourth-order valence-electron chi connectivity index (χ4n) is 1.83. The molecule has 1 atom stereocenters. The van der Waals surface area contributed by atoms with Crippen molar-refractivity contribution in [2.24, 2.45) is 5.84 Å². The van der Waals surface area contributed by atoms with Crippen LogP contribution in [0, 0.1) is 11.6 Å². The van der Waals surface area contributed by atoms with Crippen LogP contribution in [-0.4, -0.2) is 4.98 Å². The van der Waals surface area contributed by atoms with Crippen LogP contribution in [0.3, 0.4) is 0 Å². The van der Waals surface area contributed by atoms with E-state index in [1.165, 1.54) is 18.3 Å². The molecule has 3 N–H and O–H groups in total. The molecule has 1 unspecified atom stereocenters. The first-order valence-electron chi connectivity index (χ1n) is 5.62. The van der Waals surface area contributed by atoms with E-state index in [0.29, 0.717) is 5.15 Å². The Balaban J connectivity index is 2.26. The predicted molar refractivity (Wildman–Crippen MR) is 69.4 cm³/mol. The van der Waals surface area contributed by atoms with Crippen molar-refractivity contribution in [3.8, 4) is 0 Å². The second kappa shape index (κ2) is 6.06. The SMILES string of the molecule is NNC(Cc1cccc(F)c1F)c1ccnc(Cl)c1. The summed E-state index contributed by atoms with van der Waals surface area (Å²) in [5, 5.41) is 0.317. The minimum Gasteiger partial charge on any atom is -0.271 e. The van der Waals surface area contributed by atoms with Gasteiger partial charge in [-0.25, -0.2) is 13.8 Å². The molecule has 0 aliphatic heterocycles. The molecule has 2 aromatic rings. The number of halogens is 3. The standard InChI is InChI=1S/C13H12ClF2N3/c14-12-7-8(4-5-18-12)11(19-17)6-9-2-1-3-10(15)13(9)16/h1-5,7,11,19H,6,17H2. The first-order chi connectivity index (χ1) is 9.11. The zero-order valence-electron chi connectivity index (χ0n) is 9.91. The minimum absolute atomic E-state index is 0.209. The van der Waals surface area contributed by atoms with Gasteiger partial charge in [-0.05, 0) is 35.7 Å². The molecule has 1 heterocycles.